The number of nitro groups is 1. The lowest BCUT2D eigenvalue weighted by Gasteiger charge is -2.01. The van der Waals surface area contributed by atoms with Crippen molar-refractivity contribution in [3.63, 3.8) is 0 Å². The number of halogens is 1. The fraction of sp³-hybridized carbons (Fsp3) is 0.300. The van der Waals surface area contributed by atoms with E-state index in [-0.39, 0.29) is 5.69 Å². The van der Waals surface area contributed by atoms with Gasteiger partial charge in [-0.1, -0.05) is 11.6 Å². The fourth-order valence-electron chi connectivity index (χ4n) is 1.31. The standard InChI is InChI=1S/C10H10ClNO3/c11-9-4-5-10(12(14)15)8(7-9)3-1-2-6-13/h4-7H,1-3H2. The molecule has 0 saturated heterocycles. The van der Waals surface area contributed by atoms with Crippen molar-refractivity contribution in [1.29, 1.82) is 0 Å². The van der Waals surface area contributed by atoms with Gasteiger partial charge in [-0.2, -0.15) is 0 Å². The Morgan fingerprint density at radius 2 is 2.20 bits per heavy atom. The molecule has 0 amide bonds. The summed E-state index contributed by atoms with van der Waals surface area (Å²) in [7, 11) is 0. The molecule has 0 unspecified atom stereocenters. The number of rotatable bonds is 5. The molecule has 15 heavy (non-hydrogen) atoms. The Morgan fingerprint density at radius 3 is 2.80 bits per heavy atom. The molecular formula is C10H10ClNO3. The zero-order valence-electron chi connectivity index (χ0n) is 7.98. The Balaban J connectivity index is 2.86. The first-order chi connectivity index (χ1) is 7.15. The molecular weight excluding hydrogens is 218 g/mol. The van der Waals surface area contributed by atoms with Crippen LogP contribution in [0.5, 0.6) is 0 Å². The van der Waals surface area contributed by atoms with Gasteiger partial charge in [0.2, 0.25) is 0 Å². The monoisotopic (exact) mass is 227 g/mol. The van der Waals surface area contributed by atoms with Gasteiger partial charge in [0, 0.05) is 23.1 Å². The SMILES string of the molecule is O=CCCCc1cc(Cl)ccc1[N+](=O)[O-]. The third kappa shape index (κ3) is 3.32. The highest BCUT2D eigenvalue weighted by molar-refractivity contribution is 6.30. The zero-order chi connectivity index (χ0) is 11.3. The Hall–Kier alpha value is -1.42. The lowest BCUT2D eigenvalue weighted by atomic mass is 10.1. The van der Waals surface area contributed by atoms with Crippen molar-refractivity contribution >= 4 is 23.6 Å². The predicted octanol–water partition coefficient (Wildman–Crippen LogP) is 2.77. The molecule has 80 valence electrons. The first kappa shape index (κ1) is 11.7. The van der Waals surface area contributed by atoms with E-state index in [1.165, 1.54) is 12.1 Å². The van der Waals surface area contributed by atoms with Crippen LogP contribution in [0.2, 0.25) is 5.02 Å². The Morgan fingerprint density at radius 1 is 1.47 bits per heavy atom. The highest BCUT2D eigenvalue weighted by Crippen LogP contribution is 2.24. The largest absolute Gasteiger partial charge is 0.303 e. The lowest BCUT2D eigenvalue weighted by molar-refractivity contribution is -0.385. The van der Waals surface area contributed by atoms with Gasteiger partial charge in [0.25, 0.3) is 5.69 Å². The van der Waals surface area contributed by atoms with Crippen LogP contribution in [0.1, 0.15) is 18.4 Å². The summed E-state index contributed by atoms with van der Waals surface area (Å²) in [6, 6.07) is 4.45. The third-order valence-corrected chi connectivity index (χ3v) is 2.24. The molecule has 0 fully saturated rings. The second-order valence-corrected chi connectivity index (χ2v) is 3.53. The second-order valence-electron chi connectivity index (χ2n) is 3.09. The number of unbranched alkanes of at least 4 members (excludes halogenated alkanes) is 1. The van der Waals surface area contributed by atoms with Crippen LogP contribution in [-0.4, -0.2) is 11.2 Å². The summed E-state index contributed by atoms with van der Waals surface area (Å²) >= 11 is 5.74. The minimum absolute atomic E-state index is 0.0605. The number of carbonyl (C=O) groups is 1. The molecule has 0 bridgehead atoms. The van der Waals surface area contributed by atoms with Crippen molar-refractivity contribution < 1.29 is 9.72 Å². The number of nitrogens with zero attached hydrogens (tertiary/aromatic N) is 1. The zero-order valence-corrected chi connectivity index (χ0v) is 8.74. The average Bonchev–Trinajstić information content (AvgIpc) is 2.18. The van der Waals surface area contributed by atoms with Gasteiger partial charge in [-0.05, 0) is 25.0 Å². The van der Waals surface area contributed by atoms with E-state index in [9.17, 15) is 14.9 Å². The molecule has 0 radical (unpaired) electrons. The van der Waals surface area contributed by atoms with E-state index in [0.717, 1.165) is 6.29 Å². The van der Waals surface area contributed by atoms with Gasteiger partial charge < -0.3 is 4.79 Å². The van der Waals surface area contributed by atoms with Crippen molar-refractivity contribution in [1.82, 2.24) is 0 Å². The molecule has 0 saturated carbocycles. The van der Waals surface area contributed by atoms with Gasteiger partial charge in [0.1, 0.15) is 6.29 Å². The van der Waals surface area contributed by atoms with Gasteiger partial charge in [-0.15, -0.1) is 0 Å². The van der Waals surface area contributed by atoms with E-state index >= 15 is 0 Å². The number of nitro benzene ring substituents is 1. The summed E-state index contributed by atoms with van der Waals surface area (Å²) in [6.45, 7) is 0. The lowest BCUT2D eigenvalue weighted by Crippen LogP contribution is -1.96. The van der Waals surface area contributed by atoms with E-state index in [0.29, 0.717) is 29.8 Å². The molecule has 4 nitrogen and oxygen atoms in total. The Kier molecular flexibility index (Phi) is 4.24. The molecule has 1 aromatic rings. The van der Waals surface area contributed by atoms with Gasteiger partial charge in [-0.25, -0.2) is 0 Å². The number of carbonyl (C=O) groups excluding carboxylic acids is 1. The molecule has 1 rings (SSSR count). The highest BCUT2D eigenvalue weighted by atomic mass is 35.5. The quantitative estimate of drug-likeness (QED) is 0.336. The van der Waals surface area contributed by atoms with Gasteiger partial charge >= 0.3 is 0 Å². The van der Waals surface area contributed by atoms with Crippen molar-refractivity contribution in [2.75, 3.05) is 0 Å². The molecule has 0 spiro atoms. The number of hydrogen-bond donors (Lipinski definition) is 0. The summed E-state index contributed by atoms with van der Waals surface area (Å²) in [5.41, 5.74) is 0.639. The van der Waals surface area contributed by atoms with Crippen LogP contribution in [0.3, 0.4) is 0 Å². The maximum Gasteiger partial charge on any atom is 0.272 e. The van der Waals surface area contributed by atoms with Crippen LogP contribution in [0.15, 0.2) is 18.2 Å². The fourth-order valence-corrected chi connectivity index (χ4v) is 1.50. The highest BCUT2D eigenvalue weighted by Gasteiger charge is 2.12. The molecule has 0 atom stereocenters. The number of aldehydes is 1. The van der Waals surface area contributed by atoms with Crippen LogP contribution in [0.25, 0.3) is 0 Å². The Bertz CT molecular complexity index is 379. The van der Waals surface area contributed by atoms with Crippen molar-refractivity contribution in [3.8, 4) is 0 Å². The minimum Gasteiger partial charge on any atom is -0.303 e. The minimum atomic E-state index is -0.438. The van der Waals surface area contributed by atoms with Gasteiger partial charge in [0.15, 0.2) is 0 Å². The topological polar surface area (TPSA) is 60.2 Å². The summed E-state index contributed by atoms with van der Waals surface area (Å²) in [5, 5.41) is 11.1. The Labute approximate surface area is 92.0 Å². The van der Waals surface area contributed by atoms with Crippen molar-refractivity contribution in [3.05, 3.63) is 38.9 Å². The van der Waals surface area contributed by atoms with E-state index in [2.05, 4.69) is 0 Å². The molecule has 5 heteroatoms. The first-order valence-electron chi connectivity index (χ1n) is 4.51. The number of benzene rings is 1. The number of hydrogen-bond acceptors (Lipinski definition) is 3. The predicted molar refractivity (Wildman–Crippen MR) is 57.1 cm³/mol. The van der Waals surface area contributed by atoms with Crippen LogP contribution in [0.4, 0.5) is 5.69 Å². The smallest absolute Gasteiger partial charge is 0.272 e. The van der Waals surface area contributed by atoms with Crippen LogP contribution in [0, 0.1) is 10.1 Å². The summed E-state index contributed by atoms with van der Waals surface area (Å²) in [5.74, 6) is 0. The molecule has 0 aliphatic carbocycles. The summed E-state index contributed by atoms with van der Waals surface area (Å²) < 4.78 is 0. The molecule has 0 aliphatic rings. The third-order valence-electron chi connectivity index (χ3n) is 2.01. The molecule has 0 aliphatic heterocycles. The van der Waals surface area contributed by atoms with Crippen LogP contribution in [-0.2, 0) is 11.2 Å². The maximum absolute atomic E-state index is 10.7. The number of aryl methyl sites for hydroxylation is 1. The van der Waals surface area contributed by atoms with Crippen LogP contribution >= 0.6 is 11.6 Å². The van der Waals surface area contributed by atoms with Crippen LogP contribution < -0.4 is 0 Å². The molecule has 0 aromatic heterocycles. The first-order valence-corrected chi connectivity index (χ1v) is 4.89. The van der Waals surface area contributed by atoms with E-state index in [1.807, 2.05) is 0 Å². The normalized spacial score (nSPS) is 9.93. The van der Waals surface area contributed by atoms with E-state index in [4.69, 9.17) is 11.6 Å². The molecule has 0 heterocycles. The molecule has 1 aromatic carbocycles. The van der Waals surface area contributed by atoms with E-state index < -0.39 is 4.92 Å². The summed E-state index contributed by atoms with van der Waals surface area (Å²) in [4.78, 5) is 20.3. The maximum atomic E-state index is 10.7. The molecule has 0 N–H and O–H groups in total. The summed E-state index contributed by atoms with van der Waals surface area (Å²) in [6.07, 6.45) is 2.31. The average molecular weight is 228 g/mol. The van der Waals surface area contributed by atoms with Crippen molar-refractivity contribution in [2.24, 2.45) is 0 Å². The van der Waals surface area contributed by atoms with Crippen molar-refractivity contribution in [2.45, 2.75) is 19.3 Å². The van der Waals surface area contributed by atoms with Gasteiger partial charge in [0.05, 0.1) is 4.92 Å². The second kappa shape index (κ2) is 5.46. The van der Waals surface area contributed by atoms with E-state index in [1.54, 1.807) is 6.07 Å². The van der Waals surface area contributed by atoms with Gasteiger partial charge in [-0.3, -0.25) is 10.1 Å².